The van der Waals surface area contributed by atoms with Gasteiger partial charge in [0.25, 0.3) is 5.91 Å². The summed E-state index contributed by atoms with van der Waals surface area (Å²) in [5.74, 6) is 0.264. The maximum atomic E-state index is 12.3. The summed E-state index contributed by atoms with van der Waals surface area (Å²) in [6, 6.07) is 7.54. The molecule has 5 nitrogen and oxygen atoms in total. The van der Waals surface area contributed by atoms with Crippen molar-refractivity contribution in [3.8, 4) is 0 Å². The van der Waals surface area contributed by atoms with Crippen molar-refractivity contribution in [3.63, 3.8) is 0 Å². The lowest BCUT2D eigenvalue weighted by Crippen LogP contribution is -2.50. The first-order valence-electron chi connectivity index (χ1n) is 7.59. The van der Waals surface area contributed by atoms with Gasteiger partial charge in [0, 0.05) is 24.5 Å². The van der Waals surface area contributed by atoms with Crippen LogP contribution in [0.5, 0.6) is 0 Å². The fourth-order valence-electron chi connectivity index (χ4n) is 2.68. The third kappa shape index (κ3) is 3.20. The van der Waals surface area contributed by atoms with E-state index in [1.807, 2.05) is 42.0 Å². The number of nitrogens with zero attached hydrogens (tertiary/aromatic N) is 2. The predicted molar refractivity (Wildman–Crippen MR) is 83.5 cm³/mol. The van der Waals surface area contributed by atoms with E-state index in [0.29, 0.717) is 11.5 Å². The Kier molecular flexibility index (Phi) is 3.98. The van der Waals surface area contributed by atoms with Gasteiger partial charge in [0.05, 0.1) is 18.5 Å². The fraction of sp³-hybridized carbons (Fsp3) is 0.412. The van der Waals surface area contributed by atoms with Gasteiger partial charge in [0.2, 0.25) is 0 Å². The molecule has 1 aliphatic rings. The van der Waals surface area contributed by atoms with Crippen LogP contribution in [0.4, 0.5) is 0 Å². The Morgan fingerprint density at radius 3 is 2.68 bits per heavy atom. The molecular weight excluding hydrogens is 278 g/mol. The maximum Gasteiger partial charge on any atom is 0.251 e. The first kappa shape index (κ1) is 14.8. The molecule has 5 heteroatoms. The van der Waals surface area contributed by atoms with Crippen LogP contribution in [0, 0.1) is 5.92 Å². The zero-order chi connectivity index (χ0) is 15.6. The molecule has 0 bridgehead atoms. The Labute approximate surface area is 130 Å². The maximum absolute atomic E-state index is 12.3. The standard InChI is InChI=1S/C17H21N3O2/c1-17(11-21,15-6-7-15)19-16(22)14-4-2-13(3-5-14)10-20-9-8-18-12-20/h2-5,8-9,12,15,21H,6-7,10-11H2,1H3,(H,19,22)/t17-/m0/s1. The minimum atomic E-state index is -0.507. The van der Waals surface area contributed by atoms with E-state index in [0.717, 1.165) is 24.9 Å². The highest BCUT2D eigenvalue weighted by molar-refractivity contribution is 5.94. The van der Waals surface area contributed by atoms with Crippen molar-refractivity contribution in [1.82, 2.24) is 14.9 Å². The quantitative estimate of drug-likeness (QED) is 0.855. The molecule has 1 saturated carbocycles. The van der Waals surface area contributed by atoms with Gasteiger partial charge in [0.15, 0.2) is 0 Å². The second kappa shape index (κ2) is 5.93. The molecule has 3 rings (SSSR count). The van der Waals surface area contributed by atoms with Crippen molar-refractivity contribution in [1.29, 1.82) is 0 Å². The SMILES string of the molecule is C[C@@](CO)(NC(=O)c1ccc(Cn2ccnc2)cc1)C1CC1. The molecule has 0 saturated heterocycles. The van der Waals surface area contributed by atoms with Crippen molar-refractivity contribution in [2.75, 3.05) is 6.61 Å². The monoisotopic (exact) mass is 299 g/mol. The number of rotatable bonds is 6. The third-order valence-electron chi connectivity index (χ3n) is 4.35. The zero-order valence-electron chi connectivity index (χ0n) is 12.7. The van der Waals surface area contributed by atoms with E-state index in [-0.39, 0.29) is 12.5 Å². The molecule has 1 atom stereocenters. The fourth-order valence-corrected chi connectivity index (χ4v) is 2.68. The van der Waals surface area contributed by atoms with Crippen molar-refractivity contribution in [2.24, 2.45) is 5.92 Å². The molecule has 1 aliphatic carbocycles. The van der Waals surface area contributed by atoms with Gasteiger partial charge >= 0.3 is 0 Å². The van der Waals surface area contributed by atoms with E-state index in [9.17, 15) is 9.90 Å². The highest BCUT2D eigenvalue weighted by Crippen LogP contribution is 2.39. The van der Waals surface area contributed by atoms with Gasteiger partial charge in [0.1, 0.15) is 0 Å². The summed E-state index contributed by atoms with van der Waals surface area (Å²) in [6.45, 7) is 2.62. The first-order valence-corrected chi connectivity index (χ1v) is 7.59. The van der Waals surface area contributed by atoms with Gasteiger partial charge in [-0.2, -0.15) is 0 Å². The molecule has 1 aromatic carbocycles. The van der Waals surface area contributed by atoms with Crippen molar-refractivity contribution >= 4 is 5.91 Å². The zero-order valence-corrected chi connectivity index (χ0v) is 12.7. The normalized spacial score (nSPS) is 17.0. The number of carbonyl (C=O) groups excluding carboxylic acids is 1. The molecule has 0 aliphatic heterocycles. The molecule has 1 amide bonds. The number of aliphatic hydroxyl groups excluding tert-OH is 1. The molecule has 22 heavy (non-hydrogen) atoms. The van der Waals surface area contributed by atoms with E-state index < -0.39 is 5.54 Å². The summed E-state index contributed by atoms with van der Waals surface area (Å²) < 4.78 is 1.98. The van der Waals surface area contributed by atoms with Gasteiger partial charge < -0.3 is 15.0 Å². The lowest BCUT2D eigenvalue weighted by Gasteiger charge is -2.28. The minimum absolute atomic E-state index is 0.0257. The second-order valence-corrected chi connectivity index (χ2v) is 6.24. The molecule has 2 N–H and O–H groups in total. The molecule has 1 fully saturated rings. The average molecular weight is 299 g/mol. The van der Waals surface area contributed by atoms with E-state index in [2.05, 4.69) is 10.3 Å². The summed E-state index contributed by atoms with van der Waals surface area (Å²) in [5, 5.41) is 12.5. The smallest absolute Gasteiger partial charge is 0.251 e. The van der Waals surface area contributed by atoms with E-state index in [4.69, 9.17) is 0 Å². The van der Waals surface area contributed by atoms with E-state index in [1.165, 1.54) is 0 Å². The largest absolute Gasteiger partial charge is 0.394 e. The average Bonchev–Trinajstić information content (AvgIpc) is 3.27. The number of nitrogens with one attached hydrogen (secondary N) is 1. The third-order valence-corrected chi connectivity index (χ3v) is 4.35. The Bertz CT molecular complexity index is 632. The molecule has 2 aromatic rings. The topological polar surface area (TPSA) is 67.2 Å². The lowest BCUT2D eigenvalue weighted by atomic mass is 9.96. The van der Waals surface area contributed by atoms with Crippen LogP contribution < -0.4 is 5.32 Å². The van der Waals surface area contributed by atoms with Crippen molar-refractivity contribution in [2.45, 2.75) is 31.8 Å². The Balaban J connectivity index is 1.65. The number of hydrogen-bond donors (Lipinski definition) is 2. The van der Waals surface area contributed by atoms with Crippen LogP contribution in [-0.2, 0) is 6.54 Å². The number of aliphatic hydroxyl groups is 1. The van der Waals surface area contributed by atoms with Crippen LogP contribution in [0.3, 0.4) is 0 Å². The Morgan fingerprint density at radius 2 is 2.14 bits per heavy atom. The van der Waals surface area contributed by atoms with Crippen LogP contribution in [0.25, 0.3) is 0 Å². The van der Waals surface area contributed by atoms with Crippen molar-refractivity contribution < 1.29 is 9.90 Å². The summed E-state index contributed by atoms with van der Waals surface area (Å²) in [6.07, 6.45) is 7.56. The number of imidazole rings is 1. The lowest BCUT2D eigenvalue weighted by molar-refractivity contribution is 0.0824. The van der Waals surface area contributed by atoms with Gasteiger partial charge in [-0.05, 0) is 43.4 Å². The van der Waals surface area contributed by atoms with Crippen molar-refractivity contribution in [3.05, 3.63) is 54.1 Å². The molecular formula is C17H21N3O2. The Hall–Kier alpha value is -2.14. The van der Waals surface area contributed by atoms with Gasteiger partial charge in [-0.3, -0.25) is 4.79 Å². The van der Waals surface area contributed by atoms with Gasteiger partial charge in [-0.25, -0.2) is 4.98 Å². The number of carbonyl (C=O) groups is 1. The molecule has 0 unspecified atom stereocenters. The van der Waals surface area contributed by atoms with Gasteiger partial charge in [-0.1, -0.05) is 12.1 Å². The van der Waals surface area contributed by atoms with Crippen LogP contribution in [-0.4, -0.2) is 32.7 Å². The summed E-state index contributed by atoms with van der Waals surface area (Å²) >= 11 is 0. The summed E-state index contributed by atoms with van der Waals surface area (Å²) in [5.41, 5.74) is 1.23. The molecule has 116 valence electrons. The summed E-state index contributed by atoms with van der Waals surface area (Å²) in [7, 11) is 0. The highest BCUT2D eigenvalue weighted by atomic mass is 16.3. The Morgan fingerprint density at radius 1 is 1.41 bits per heavy atom. The molecule has 1 aromatic heterocycles. The first-order chi connectivity index (χ1) is 10.6. The van der Waals surface area contributed by atoms with Crippen LogP contribution >= 0.6 is 0 Å². The number of amides is 1. The van der Waals surface area contributed by atoms with Crippen LogP contribution in [0.1, 0.15) is 35.7 Å². The van der Waals surface area contributed by atoms with Crippen LogP contribution in [0.2, 0.25) is 0 Å². The molecule has 0 radical (unpaired) electrons. The highest BCUT2D eigenvalue weighted by Gasteiger charge is 2.42. The number of aromatic nitrogens is 2. The molecule has 1 heterocycles. The molecule has 0 spiro atoms. The minimum Gasteiger partial charge on any atom is -0.394 e. The number of hydrogen-bond acceptors (Lipinski definition) is 3. The van der Waals surface area contributed by atoms with Gasteiger partial charge in [-0.15, -0.1) is 0 Å². The van der Waals surface area contributed by atoms with E-state index in [1.54, 1.807) is 12.5 Å². The number of benzene rings is 1. The summed E-state index contributed by atoms with van der Waals surface area (Å²) in [4.78, 5) is 16.4. The van der Waals surface area contributed by atoms with E-state index >= 15 is 0 Å². The van der Waals surface area contributed by atoms with Crippen LogP contribution in [0.15, 0.2) is 43.0 Å². The predicted octanol–water partition coefficient (Wildman–Crippen LogP) is 1.82. The second-order valence-electron chi connectivity index (χ2n) is 6.24.